The number of hydrogen-bond acceptors (Lipinski definition) is 6. The normalized spacial score (nSPS) is 7.88. The summed E-state index contributed by atoms with van der Waals surface area (Å²) in [6, 6.07) is 0. The minimum atomic E-state index is 0. The van der Waals surface area contributed by atoms with Crippen LogP contribution >= 0.6 is 0 Å². The summed E-state index contributed by atoms with van der Waals surface area (Å²) in [6.07, 6.45) is 0. The van der Waals surface area contributed by atoms with Gasteiger partial charge >= 0.3 is 0 Å². The van der Waals surface area contributed by atoms with Crippen molar-refractivity contribution >= 4 is 0 Å². The van der Waals surface area contributed by atoms with E-state index in [0.29, 0.717) is 19.8 Å². The number of aliphatic hydroxyl groups excluding tert-OH is 3. The average Bonchev–Trinajstić information content (AvgIpc) is 2.23. The van der Waals surface area contributed by atoms with E-state index in [2.05, 4.69) is 14.2 Å². The standard InChI is InChI=1S/3C3H8O2.Y/c3*1-5-3-2-4;/h3*4H,2-3H2,1H3;. The Hall–Kier alpha value is 0.864. The molecule has 0 amide bonds. The summed E-state index contributed by atoms with van der Waals surface area (Å²) < 4.78 is 13.3. The van der Waals surface area contributed by atoms with Gasteiger partial charge in [-0.1, -0.05) is 0 Å². The zero-order chi connectivity index (χ0) is 12.4. The Kier molecular flexibility index (Phi) is 57.7. The van der Waals surface area contributed by atoms with E-state index >= 15 is 0 Å². The SMILES string of the molecule is COCCO.COCCO.COCCO.[Y]. The Bertz CT molecular complexity index is 56.8. The molecule has 0 aliphatic rings. The van der Waals surface area contributed by atoms with Crippen LogP contribution in [0.15, 0.2) is 0 Å². The van der Waals surface area contributed by atoms with Crippen LogP contribution in [0.4, 0.5) is 0 Å². The molecule has 1 radical (unpaired) electrons. The molecule has 0 fully saturated rings. The predicted molar refractivity (Wildman–Crippen MR) is 56.9 cm³/mol. The second-order valence-electron chi connectivity index (χ2n) is 2.15. The number of ether oxygens (including phenoxy) is 3. The van der Waals surface area contributed by atoms with E-state index in [9.17, 15) is 0 Å². The summed E-state index contributed by atoms with van der Waals surface area (Å²) >= 11 is 0. The van der Waals surface area contributed by atoms with Gasteiger partial charge in [-0.15, -0.1) is 0 Å². The van der Waals surface area contributed by atoms with Crippen molar-refractivity contribution in [3.8, 4) is 0 Å². The van der Waals surface area contributed by atoms with Crippen LogP contribution in [-0.2, 0) is 46.9 Å². The maximum atomic E-state index is 7.94. The van der Waals surface area contributed by atoms with Crippen LogP contribution in [0, 0.1) is 0 Å². The fraction of sp³-hybridized carbons (Fsp3) is 1.00. The molecule has 6 nitrogen and oxygen atoms in total. The molecule has 7 heteroatoms. The summed E-state index contributed by atoms with van der Waals surface area (Å²) in [5, 5.41) is 23.8. The second-order valence-corrected chi connectivity index (χ2v) is 2.15. The van der Waals surface area contributed by atoms with Crippen LogP contribution in [0.3, 0.4) is 0 Å². The minimum absolute atomic E-state index is 0. The van der Waals surface area contributed by atoms with Gasteiger partial charge in [0.25, 0.3) is 0 Å². The summed E-state index contributed by atoms with van der Waals surface area (Å²) in [6.45, 7) is 1.70. The van der Waals surface area contributed by atoms with Gasteiger partial charge < -0.3 is 29.5 Å². The van der Waals surface area contributed by atoms with E-state index in [4.69, 9.17) is 15.3 Å². The molecule has 0 heterocycles. The molecule has 0 saturated carbocycles. The number of rotatable bonds is 6. The maximum absolute atomic E-state index is 7.94. The fourth-order valence-electron chi connectivity index (χ4n) is 0.274. The number of methoxy groups -OCH3 is 3. The molecule has 0 saturated heterocycles. The van der Waals surface area contributed by atoms with Crippen LogP contribution in [0.5, 0.6) is 0 Å². The van der Waals surface area contributed by atoms with Crippen molar-refractivity contribution in [3.05, 3.63) is 0 Å². The summed E-state index contributed by atoms with van der Waals surface area (Å²) in [5.74, 6) is 0. The van der Waals surface area contributed by atoms with Crippen LogP contribution in [-0.4, -0.2) is 76.3 Å². The molecule has 99 valence electrons. The molecule has 0 rings (SSSR count). The summed E-state index contributed by atoms with van der Waals surface area (Å²) in [7, 11) is 4.66. The number of aliphatic hydroxyl groups is 3. The fourth-order valence-corrected chi connectivity index (χ4v) is 0.274. The first-order valence-corrected chi connectivity index (χ1v) is 4.54. The molecule has 0 aliphatic heterocycles. The molecule has 0 aromatic carbocycles. The minimum Gasteiger partial charge on any atom is -0.394 e. The van der Waals surface area contributed by atoms with E-state index in [0.717, 1.165) is 0 Å². The van der Waals surface area contributed by atoms with Crippen LogP contribution in [0.25, 0.3) is 0 Å². The second kappa shape index (κ2) is 36.0. The molecule has 0 spiro atoms. The van der Waals surface area contributed by atoms with Gasteiger partial charge in [0.2, 0.25) is 0 Å². The molecule has 0 atom stereocenters. The molecule has 0 aliphatic carbocycles. The van der Waals surface area contributed by atoms with Gasteiger partial charge in [0.05, 0.1) is 39.6 Å². The van der Waals surface area contributed by atoms with E-state index in [1.807, 2.05) is 0 Å². The van der Waals surface area contributed by atoms with E-state index in [1.54, 1.807) is 21.3 Å². The van der Waals surface area contributed by atoms with E-state index < -0.39 is 0 Å². The zero-order valence-electron chi connectivity index (χ0n) is 10.4. The third-order valence-electron chi connectivity index (χ3n) is 0.886. The average molecular weight is 317 g/mol. The first-order chi connectivity index (χ1) is 7.24. The zero-order valence-corrected chi connectivity index (χ0v) is 13.2. The van der Waals surface area contributed by atoms with Crippen LogP contribution in [0.1, 0.15) is 0 Å². The molecular formula is C9H24O6Y. The first kappa shape index (κ1) is 25.6. The summed E-state index contributed by atoms with van der Waals surface area (Å²) in [4.78, 5) is 0. The van der Waals surface area contributed by atoms with Gasteiger partial charge in [-0.05, 0) is 0 Å². The quantitative estimate of drug-likeness (QED) is 0.575. The largest absolute Gasteiger partial charge is 0.394 e. The van der Waals surface area contributed by atoms with Crippen molar-refractivity contribution in [1.82, 2.24) is 0 Å². The Morgan fingerprint density at radius 1 is 0.625 bits per heavy atom. The molecule has 0 aromatic rings. The number of hydrogen-bond donors (Lipinski definition) is 3. The molecule has 0 bridgehead atoms. The Labute approximate surface area is 123 Å². The van der Waals surface area contributed by atoms with Crippen molar-refractivity contribution in [2.24, 2.45) is 0 Å². The Morgan fingerprint density at radius 3 is 0.812 bits per heavy atom. The molecule has 0 aromatic heterocycles. The van der Waals surface area contributed by atoms with Gasteiger partial charge in [0, 0.05) is 54.0 Å². The van der Waals surface area contributed by atoms with Gasteiger partial charge in [-0.3, -0.25) is 0 Å². The van der Waals surface area contributed by atoms with E-state index in [-0.39, 0.29) is 52.5 Å². The molecule has 0 unspecified atom stereocenters. The van der Waals surface area contributed by atoms with Crippen molar-refractivity contribution in [1.29, 1.82) is 0 Å². The van der Waals surface area contributed by atoms with Gasteiger partial charge in [0.1, 0.15) is 0 Å². The van der Waals surface area contributed by atoms with E-state index in [1.165, 1.54) is 0 Å². The van der Waals surface area contributed by atoms with Gasteiger partial charge in [-0.2, -0.15) is 0 Å². The monoisotopic (exact) mass is 317 g/mol. The molecule has 16 heavy (non-hydrogen) atoms. The summed E-state index contributed by atoms with van der Waals surface area (Å²) in [5.41, 5.74) is 0. The van der Waals surface area contributed by atoms with Crippen molar-refractivity contribution in [2.75, 3.05) is 61.0 Å². The van der Waals surface area contributed by atoms with Crippen molar-refractivity contribution < 1.29 is 62.2 Å². The van der Waals surface area contributed by atoms with Crippen LogP contribution in [0.2, 0.25) is 0 Å². The van der Waals surface area contributed by atoms with Gasteiger partial charge in [-0.25, -0.2) is 0 Å². The van der Waals surface area contributed by atoms with Crippen molar-refractivity contribution in [2.45, 2.75) is 0 Å². The van der Waals surface area contributed by atoms with Crippen molar-refractivity contribution in [3.63, 3.8) is 0 Å². The third kappa shape index (κ3) is 60.6. The molecule has 3 N–H and O–H groups in total. The Morgan fingerprint density at radius 2 is 0.812 bits per heavy atom. The topological polar surface area (TPSA) is 88.4 Å². The smallest absolute Gasteiger partial charge is 0.0693 e. The van der Waals surface area contributed by atoms with Gasteiger partial charge in [0.15, 0.2) is 0 Å². The first-order valence-electron chi connectivity index (χ1n) is 4.54. The molecular weight excluding hydrogens is 293 g/mol. The van der Waals surface area contributed by atoms with Crippen LogP contribution < -0.4 is 0 Å². The Balaban J connectivity index is -0.0000000655. The predicted octanol–water partition coefficient (Wildman–Crippen LogP) is -1.13. The maximum Gasteiger partial charge on any atom is 0.0693 e. The third-order valence-corrected chi connectivity index (χ3v) is 0.886.